The van der Waals surface area contributed by atoms with Crippen LogP contribution in [0.15, 0.2) is 25.3 Å². The third-order valence-corrected chi connectivity index (χ3v) is 3.34. The molecule has 0 spiro atoms. The van der Waals surface area contributed by atoms with E-state index < -0.39 is 16.1 Å². The van der Waals surface area contributed by atoms with E-state index in [0.29, 0.717) is 28.6 Å². The van der Waals surface area contributed by atoms with Gasteiger partial charge in [-0.25, -0.2) is 4.79 Å². The Morgan fingerprint density at radius 3 is 1.68 bits per heavy atom. The second-order valence-electron chi connectivity index (χ2n) is 6.41. The summed E-state index contributed by atoms with van der Waals surface area (Å²) >= 11 is 0. The van der Waals surface area contributed by atoms with Crippen molar-refractivity contribution >= 4 is 16.1 Å². The Balaban J connectivity index is 0. The minimum atomic E-state index is -3.88. The van der Waals surface area contributed by atoms with E-state index in [1.807, 2.05) is 28.2 Å². The number of likely N-dealkylation sites (N-methyl/N-ethyl adjacent to an activating group) is 2. The number of nitrogens with zero attached hydrogens (tertiary/aromatic N) is 2. The molecule has 0 unspecified atom stereocenters. The van der Waals surface area contributed by atoms with Crippen LogP contribution in [0.4, 0.5) is 0 Å². The Morgan fingerprint density at radius 1 is 1.09 bits per heavy atom. The molecule has 0 aliphatic carbocycles. The lowest BCUT2D eigenvalue weighted by Gasteiger charge is -2.31. The Hall–Kier alpha value is -1.22. The number of quaternary nitrogens is 2. The molecular formula is C14H30N2O5S+2. The third-order valence-electron chi connectivity index (χ3n) is 2.64. The van der Waals surface area contributed by atoms with Gasteiger partial charge in [-0.15, -0.1) is 0 Å². The first-order valence-electron chi connectivity index (χ1n) is 6.77. The van der Waals surface area contributed by atoms with Crippen LogP contribution in [0, 0.1) is 0 Å². The Kier molecular flexibility index (Phi) is 10.2. The normalized spacial score (nSPS) is 12.0. The zero-order valence-corrected chi connectivity index (χ0v) is 14.8. The van der Waals surface area contributed by atoms with Gasteiger partial charge in [0.15, 0.2) is 6.54 Å². The van der Waals surface area contributed by atoms with Gasteiger partial charge in [-0.2, -0.15) is 8.42 Å². The molecule has 0 aromatic carbocycles. The summed E-state index contributed by atoms with van der Waals surface area (Å²) in [6.07, 6.45) is 3.46. The maximum atomic E-state index is 10.6. The average molecular weight is 338 g/mol. The Labute approximate surface area is 134 Å². The lowest BCUT2D eigenvalue weighted by atomic mass is 10.3. The summed E-state index contributed by atoms with van der Waals surface area (Å²) in [4.78, 5) is 10.00. The van der Waals surface area contributed by atoms with Crippen LogP contribution in [0.1, 0.15) is 0 Å². The summed E-state index contributed by atoms with van der Waals surface area (Å²) in [6, 6.07) is 0. The third kappa shape index (κ3) is 16.8. The largest absolute Gasteiger partial charge is 0.477 e. The smallest absolute Gasteiger partial charge is 0.359 e. The molecule has 0 saturated carbocycles. The maximum Gasteiger partial charge on any atom is 0.359 e. The van der Waals surface area contributed by atoms with Gasteiger partial charge in [-0.1, -0.05) is 13.2 Å². The first-order chi connectivity index (χ1) is 9.74. The zero-order chi connectivity index (χ0) is 18.0. The molecule has 0 aliphatic heterocycles. The summed E-state index contributed by atoms with van der Waals surface area (Å²) in [5.41, 5.74) is 0. The molecule has 0 aromatic rings. The minimum absolute atomic E-state index is 0.181. The van der Waals surface area contributed by atoms with Crippen LogP contribution in [-0.4, -0.2) is 93.1 Å². The highest BCUT2D eigenvalue weighted by Crippen LogP contribution is 2.03. The number of carbonyl (C=O) groups is 1. The van der Waals surface area contributed by atoms with Gasteiger partial charge < -0.3 is 14.1 Å². The molecule has 0 aliphatic rings. The van der Waals surface area contributed by atoms with Gasteiger partial charge in [0.25, 0.3) is 10.1 Å². The standard InChI is InChI=1S/C9H17NO3S.C5H11NO2/c1-4-6-10(3,7-5-2)8-9-14(11,12)13;1-6(2,3)4-5(7)8/h4-5H,1-2,6-9H2,3H3;4H2,1-3H3/p+2. The SMILES string of the molecule is C=CC[N+](C)(CC=C)CCS(=O)(=O)O.C[N+](C)(C)CC(=O)O. The van der Waals surface area contributed by atoms with Crippen molar-refractivity contribution in [1.82, 2.24) is 0 Å². The zero-order valence-electron chi connectivity index (χ0n) is 14.0. The van der Waals surface area contributed by atoms with Crippen LogP contribution in [0.2, 0.25) is 0 Å². The van der Waals surface area contributed by atoms with Crippen molar-refractivity contribution in [2.75, 3.05) is 60.1 Å². The maximum absolute atomic E-state index is 10.6. The van der Waals surface area contributed by atoms with E-state index in [2.05, 4.69) is 13.2 Å². The van der Waals surface area contributed by atoms with Gasteiger partial charge >= 0.3 is 5.97 Å². The lowest BCUT2D eigenvalue weighted by molar-refractivity contribution is -0.895. The van der Waals surface area contributed by atoms with Gasteiger partial charge in [0.05, 0.1) is 47.8 Å². The van der Waals surface area contributed by atoms with Crippen molar-refractivity contribution in [3.63, 3.8) is 0 Å². The Bertz CT molecular complexity index is 456. The lowest BCUT2D eigenvalue weighted by Crippen LogP contribution is -2.47. The molecule has 0 aromatic heterocycles. The molecule has 7 nitrogen and oxygen atoms in total. The summed E-state index contributed by atoms with van der Waals surface area (Å²) in [7, 11) is 3.54. The summed E-state index contributed by atoms with van der Waals surface area (Å²) in [5.74, 6) is -0.983. The molecule has 0 heterocycles. The number of carboxylic acid groups (broad SMARTS) is 1. The molecular weight excluding hydrogens is 308 g/mol. The van der Waals surface area contributed by atoms with Crippen LogP contribution in [0.25, 0.3) is 0 Å². The molecule has 8 heteroatoms. The molecule has 22 heavy (non-hydrogen) atoms. The Morgan fingerprint density at radius 2 is 1.50 bits per heavy atom. The first kappa shape index (κ1) is 23.1. The highest BCUT2D eigenvalue weighted by molar-refractivity contribution is 7.85. The molecule has 0 saturated heterocycles. The van der Waals surface area contributed by atoms with Crippen molar-refractivity contribution in [2.24, 2.45) is 0 Å². The quantitative estimate of drug-likeness (QED) is 0.362. The average Bonchev–Trinajstić information content (AvgIpc) is 2.23. The van der Waals surface area contributed by atoms with E-state index in [1.54, 1.807) is 12.2 Å². The van der Waals surface area contributed by atoms with Crippen molar-refractivity contribution in [3.8, 4) is 0 Å². The van der Waals surface area contributed by atoms with E-state index in [0.717, 1.165) is 0 Å². The minimum Gasteiger partial charge on any atom is -0.477 e. The van der Waals surface area contributed by atoms with Crippen LogP contribution in [-0.2, 0) is 14.9 Å². The van der Waals surface area contributed by atoms with Gasteiger partial charge in [0.1, 0.15) is 5.75 Å². The molecule has 130 valence electrons. The van der Waals surface area contributed by atoms with Crippen molar-refractivity contribution in [3.05, 3.63) is 25.3 Å². The van der Waals surface area contributed by atoms with Gasteiger partial charge in [0, 0.05) is 0 Å². The number of hydrogen-bond acceptors (Lipinski definition) is 3. The van der Waals surface area contributed by atoms with Crippen LogP contribution in [0.5, 0.6) is 0 Å². The molecule has 0 radical (unpaired) electrons. The second-order valence-corrected chi connectivity index (χ2v) is 7.99. The van der Waals surface area contributed by atoms with Crippen LogP contribution in [0.3, 0.4) is 0 Å². The van der Waals surface area contributed by atoms with E-state index in [9.17, 15) is 13.2 Å². The van der Waals surface area contributed by atoms with E-state index >= 15 is 0 Å². The fourth-order valence-corrected chi connectivity index (χ4v) is 2.29. The van der Waals surface area contributed by atoms with Crippen molar-refractivity contribution in [2.45, 2.75) is 0 Å². The number of rotatable bonds is 9. The van der Waals surface area contributed by atoms with Crippen molar-refractivity contribution in [1.29, 1.82) is 0 Å². The number of hydrogen-bond donors (Lipinski definition) is 2. The van der Waals surface area contributed by atoms with Gasteiger partial charge in [0.2, 0.25) is 0 Å². The number of aliphatic carboxylic acids is 1. The van der Waals surface area contributed by atoms with Crippen molar-refractivity contribution < 1.29 is 31.8 Å². The fraction of sp³-hybridized carbons (Fsp3) is 0.643. The number of carboxylic acids is 1. The predicted octanol–water partition coefficient (Wildman–Crippen LogP) is 0.470. The monoisotopic (exact) mass is 338 g/mol. The second kappa shape index (κ2) is 9.73. The molecule has 0 bridgehead atoms. The van der Waals surface area contributed by atoms with E-state index in [-0.39, 0.29) is 12.3 Å². The van der Waals surface area contributed by atoms with Crippen LogP contribution < -0.4 is 0 Å². The topological polar surface area (TPSA) is 91.7 Å². The molecule has 0 rings (SSSR count). The predicted molar refractivity (Wildman–Crippen MR) is 88.1 cm³/mol. The summed E-state index contributed by atoms with van der Waals surface area (Å²) < 4.78 is 30.8. The molecule has 0 amide bonds. The van der Waals surface area contributed by atoms with Crippen LogP contribution >= 0.6 is 0 Å². The molecule has 0 fully saturated rings. The first-order valence-corrected chi connectivity index (χ1v) is 8.38. The molecule has 0 atom stereocenters. The van der Waals surface area contributed by atoms with Gasteiger partial charge in [-0.05, 0) is 12.2 Å². The summed E-state index contributed by atoms with van der Waals surface area (Å²) in [5, 5.41) is 8.23. The highest BCUT2D eigenvalue weighted by atomic mass is 32.2. The molecule has 2 N–H and O–H groups in total. The fourth-order valence-electron chi connectivity index (χ4n) is 1.62. The van der Waals surface area contributed by atoms with Gasteiger partial charge in [-0.3, -0.25) is 4.55 Å². The van der Waals surface area contributed by atoms with E-state index in [1.165, 1.54) is 0 Å². The summed E-state index contributed by atoms with van der Waals surface area (Å²) in [6.45, 7) is 9.07. The highest BCUT2D eigenvalue weighted by Gasteiger charge is 2.21. The van der Waals surface area contributed by atoms with E-state index in [4.69, 9.17) is 9.66 Å².